The fourth-order valence-corrected chi connectivity index (χ4v) is 2.13. The summed E-state index contributed by atoms with van der Waals surface area (Å²) in [6, 6.07) is 0. The first-order chi connectivity index (χ1) is 9.24. The predicted molar refractivity (Wildman–Crippen MR) is 67.6 cm³/mol. The quantitative estimate of drug-likeness (QED) is 0.435. The van der Waals surface area contributed by atoms with Gasteiger partial charge in [0, 0.05) is 12.8 Å². The maximum Gasteiger partial charge on any atom is 0.518 e. The third-order valence-electron chi connectivity index (χ3n) is 3.13. The van der Waals surface area contributed by atoms with Crippen LogP contribution in [0.1, 0.15) is 38.5 Å². The van der Waals surface area contributed by atoms with E-state index >= 15 is 0 Å². The Morgan fingerprint density at radius 2 is 1.26 bits per heavy atom. The molecule has 2 aliphatic carbocycles. The minimum absolute atomic E-state index is 0.206. The summed E-state index contributed by atoms with van der Waals surface area (Å²) < 4.78 is 14.5. The Bertz CT molecular complexity index is 349. The second-order valence-electron chi connectivity index (χ2n) is 4.65. The van der Waals surface area contributed by atoms with Crippen molar-refractivity contribution in [3.63, 3.8) is 0 Å². The second-order valence-corrected chi connectivity index (χ2v) is 4.65. The van der Waals surface area contributed by atoms with Gasteiger partial charge in [-0.2, -0.15) is 0 Å². The third kappa shape index (κ3) is 4.77. The number of hydrogen-bond donors (Lipinski definition) is 0. The number of allylic oxidation sites excluding steroid dienone is 2. The minimum Gasteiger partial charge on any atom is -0.430 e. The lowest BCUT2D eigenvalue weighted by molar-refractivity contribution is -0.000707. The molecule has 0 aromatic carbocycles. The zero-order chi connectivity index (χ0) is 13.5. The Morgan fingerprint density at radius 3 is 1.63 bits per heavy atom. The van der Waals surface area contributed by atoms with Gasteiger partial charge in [-0.15, -0.1) is 0 Å². The summed E-state index contributed by atoms with van der Waals surface area (Å²) in [5.41, 5.74) is 0. The van der Waals surface area contributed by atoms with E-state index in [1.807, 2.05) is 24.3 Å². The third-order valence-corrected chi connectivity index (χ3v) is 3.13. The van der Waals surface area contributed by atoms with E-state index in [0.717, 1.165) is 25.7 Å². The zero-order valence-corrected chi connectivity index (χ0v) is 10.7. The zero-order valence-electron chi connectivity index (χ0n) is 10.7. The van der Waals surface area contributed by atoms with Crippen molar-refractivity contribution >= 4 is 12.3 Å². The van der Waals surface area contributed by atoms with Crippen LogP contribution in [-0.4, -0.2) is 24.5 Å². The van der Waals surface area contributed by atoms with Crippen LogP contribution in [0.25, 0.3) is 0 Å². The lowest BCUT2D eigenvalue weighted by atomic mass is 10.1. The molecule has 0 heterocycles. The van der Waals surface area contributed by atoms with Crippen LogP contribution in [-0.2, 0) is 14.2 Å². The van der Waals surface area contributed by atoms with Gasteiger partial charge < -0.3 is 14.2 Å². The van der Waals surface area contributed by atoms with Crippen LogP contribution >= 0.6 is 0 Å². The SMILES string of the molecule is O=C(OC(=O)OC1CC=CCC1)OC1CC=CCC1. The highest BCUT2D eigenvalue weighted by Gasteiger charge is 2.22. The number of ether oxygens (including phenoxy) is 3. The van der Waals surface area contributed by atoms with Gasteiger partial charge in [0.1, 0.15) is 12.2 Å². The molecule has 0 radical (unpaired) electrons. The van der Waals surface area contributed by atoms with Crippen molar-refractivity contribution in [1.29, 1.82) is 0 Å². The average molecular weight is 266 g/mol. The minimum atomic E-state index is -0.975. The normalized spacial score (nSPS) is 25.7. The summed E-state index contributed by atoms with van der Waals surface area (Å²) in [5.74, 6) is 0. The van der Waals surface area contributed by atoms with Gasteiger partial charge in [0.05, 0.1) is 0 Å². The van der Waals surface area contributed by atoms with Gasteiger partial charge in [0.2, 0.25) is 0 Å². The van der Waals surface area contributed by atoms with E-state index < -0.39 is 12.3 Å². The molecule has 104 valence electrons. The Hall–Kier alpha value is -1.78. The molecule has 0 bridgehead atoms. The highest BCUT2D eigenvalue weighted by molar-refractivity contribution is 5.77. The standard InChI is InChI=1S/C14H18O5/c15-13(17-11-7-3-1-4-8-11)19-14(16)18-12-9-5-2-6-10-12/h1-3,5,11-12H,4,6-10H2. The number of rotatable bonds is 2. The molecule has 0 N–H and O–H groups in total. The van der Waals surface area contributed by atoms with Gasteiger partial charge in [0.25, 0.3) is 0 Å². The maximum atomic E-state index is 11.4. The van der Waals surface area contributed by atoms with E-state index in [0.29, 0.717) is 12.8 Å². The molecule has 2 aliphatic rings. The fourth-order valence-electron chi connectivity index (χ4n) is 2.13. The van der Waals surface area contributed by atoms with E-state index in [1.165, 1.54) is 0 Å². The molecule has 2 unspecified atom stereocenters. The molecule has 0 fully saturated rings. The monoisotopic (exact) mass is 266 g/mol. The molecule has 0 aliphatic heterocycles. The molecular formula is C14H18O5. The van der Waals surface area contributed by atoms with E-state index in [9.17, 15) is 9.59 Å². The highest BCUT2D eigenvalue weighted by atomic mass is 16.8. The lowest BCUT2D eigenvalue weighted by Gasteiger charge is -2.19. The van der Waals surface area contributed by atoms with Crippen molar-refractivity contribution in [2.75, 3.05) is 0 Å². The lowest BCUT2D eigenvalue weighted by Crippen LogP contribution is -2.25. The molecule has 19 heavy (non-hydrogen) atoms. The molecule has 2 rings (SSSR count). The number of carbonyl (C=O) groups is 2. The number of hydrogen-bond acceptors (Lipinski definition) is 5. The van der Waals surface area contributed by atoms with E-state index in [-0.39, 0.29) is 12.2 Å². The molecule has 0 aromatic heterocycles. The van der Waals surface area contributed by atoms with Gasteiger partial charge in [-0.25, -0.2) is 9.59 Å². The summed E-state index contributed by atoms with van der Waals surface area (Å²) in [7, 11) is 0. The fraction of sp³-hybridized carbons (Fsp3) is 0.571. The van der Waals surface area contributed by atoms with Crippen LogP contribution < -0.4 is 0 Å². The largest absolute Gasteiger partial charge is 0.518 e. The van der Waals surface area contributed by atoms with Crippen LogP contribution in [0.4, 0.5) is 9.59 Å². The van der Waals surface area contributed by atoms with E-state index in [4.69, 9.17) is 9.47 Å². The molecule has 0 aromatic rings. The summed E-state index contributed by atoms with van der Waals surface area (Å²) in [4.78, 5) is 22.8. The summed E-state index contributed by atoms with van der Waals surface area (Å²) in [5, 5.41) is 0. The first kappa shape index (κ1) is 13.6. The van der Waals surface area contributed by atoms with Crippen LogP contribution in [0.2, 0.25) is 0 Å². The van der Waals surface area contributed by atoms with E-state index in [1.54, 1.807) is 0 Å². The van der Waals surface area contributed by atoms with Gasteiger partial charge in [-0.1, -0.05) is 24.3 Å². The maximum absolute atomic E-state index is 11.4. The van der Waals surface area contributed by atoms with Crippen molar-refractivity contribution in [2.24, 2.45) is 0 Å². The van der Waals surface area contributed by atoms with Crippen LogP contribution in [0.15, 0.2) is 24.3 Å². The van der Waals surface area contributed by atoms with E-state index in [2.05, 4.69) is 4.74 Å². The predicted octanol–water partition coefficient (Wildman–Crippen LogP) is 3.49. The van der Waals surface area contributed by atoms with Crippen molar-refractivity contribution in [3.8, 4) is 0 Å². The number of carbonyl (C=O) groups excluding carboxylic acids is 2. The topological polar surface area (TPSA) is 61.8 Å². The second kappa shape index (κ2) is 6.97. The highest BCUT2D eigenvalue weighted by Crippen LogP contribution is 2.17. The van der Waals surface area contributed by atoms with Gasteiger partial charge in [-0.3, -0.25) is 0 Å². The Balaban J connectivity index is 1.67. The first-order valence-electron chi connectivity index (χ1n) is 6.63. The Labute approximate surface area is 112 Å². The Morgan fingerprint density at radius 1 is 0.789 bits per heavy atom. The molecule has 0 saturated carbocycles. The van der Waals surface area contributed by atoms with Gasteiger partial charge in [-0.05, 0) is 25.7 Å². The van der Waals surface area contributed by atoms with Gasteiger partial charge in [0.15, 0.2) is 0 Å². The molecular weight excluding hydrogens is 248 g/mol. The molecule has 5 nitrogen and oxygen atoms in total. The van der Waals surface area contributed by atoms with Crippen LogP contribution in [0.5, 0.6) is 0 Å². The summed E-state index contributed by atoms with van der Waals surface area (Å²) in [6.45, 7) is 0. The van der Waals surface area contributed by atoms with Crippen molar-refractivity contribution in [1.82, 2.24) is 0 Å². The van der Waals surface area contributed by atoms with Crippen molar-refractivity contribution in [2.45, 2.75) is 50.7 Å². The average Bonchev–Trinajstić information content (AvgIpc) is 2.40. The van der Waals surface area contributed by atoms with Crippen LogP contribution in [0.3, 0.4) is 0 Å². The molecule has 5 heteroatoms. The first-order valence-corrected chi connectivity index (χ1v) is 6.63. The van der Waals surface area contributed by atoms with Crippen molar-refractivity contribution in [3.05, 3.63) is 24.3 Å². The summed E-state index contributed by atoms with van der Waals surface area (Å²) in [6.07, 6.45) is 10.2. The molecule has 0 amide bonds. The smallest absolute Gasteiger partial charge is 0.430 e. The van der Waals surface area contributed by atoms with Crippen LogP contribution in [0, 0.1) is 0 Å². The molecule has 2 atom stereocenters. The molecule has 0 spiro atoms. The summed E-state index contributed by atoms with van der Waals surface area (Å²) >= 11 is 0. The van der Waals surface area contributed by atoms with Crippen molar-refractivity contribution < 1.29 is 23.8 Å². The van der Waals surface area contributed by atoms with Gasteiger partial charge >= 0.3 is 12.3 Å². The molecule has 0 saturated heterocycles. The Kier molecular flexibility index (Phi) is 5.01.